The molecule has 0 aliphatic rings. The van der Waals surface area contributed by atoms with Gasteiger partial charge in [0.1, 0.15) is 0 Å². The molecule has 17 heavy (non-hydrogen) atoms. The molecule has 0 radical (unpaired) electrons. The number of nitrogens with one attached hydrogen (secondary N) is 1. The number of rotatable bonds is 6. The van der Waals surface area contributed by atoms with Gasteiger partial charge in [0, 0.05) is 6.04 Å². The molecule has 92 valence electrons. The van der Waals surface area contributed by atoms with Crippen LogP contribution in [0.1, 0.15) is 30.5 Å². The van der Waals surface area contributed by atoms with Gasteiger partial charge in [-0.2, -0.15) is 5.26 Å². The van der Waals surface area contributed by atoms with Gasteiger partial charge in [-0.25, -0.2) is 0 Å². The highest BCUT2D eigenvalue weighted by atomic mass is 15.1. The molecule has 1 aromatic carbocycles. The number of nitrogens with zero attached hydrogens (tertiary/aromatic N) is 2. The lowest BCUT2D eigenvalue weighted by Crippen LogP contribution is -2.25. The fourth-order valence-corrected chi connectivity index (χ4v) is 1.79. The lowest BCUT2D eigenvalue weighted by atomic mass is 10.1. The fourth-order valence-electron chi connectivity index (χ4n) is 1.79. The lowest BCUT2D eigenvalue weighted by Gasteiger charge is -2.25. The largest absolute Gasteiger partial charge is 0.320 e. The average Bonchev–Trinajstić information content (AvgIpc) is 2.38. The van der Waals surface area contributed by atoms with Gasteiger partial charge in [-0.05, 0) is 58.2 Å². The quantitative estimate of drug-likeness (QED) is 0.763. The molecule has 3 nitrogen and oxygen atoms in total. The molecule has 0 aliphatic carbocycles. The van der Waals surface area contributed by atoms with Crippen molar-refractivity contribution >= 4 is 0 Å². The van der Waals surface area contributed by atoms with Crippen molar-refractivity contribution in [2.45, 2.75) is 19.4 Å². The predicted molar refractivity (Wildman–Crippen MR) is 70.7 cm³/mol. The van der Waals surface area contributed by atoms with Gasteiger partial charge in [0.15, 0.2) is 0 Å². The summed E-state index contributed by atoms with van der Waals surface area (Å²) in [7, 11) is 4.11. The topological polar surface area (TPSA) is 39.1 Å². The van der Waals surface area contributed by atoms with E-state index in [0.29, 0.717) is 6.04 Å². The van der Waals surface area contributed by atoms with Crippen molar-refractivity contribution in [3.05, 3.63) is 35.4 Å². The molecule has 1 aromatic rings. The van der Waals surface area contributed by atoms with Crippen molar-refractivity contribution in [2.24, 2.45) is 0 Å². The van der Waals surface area contributed by atoms with Gasteiger partial charge in [-0.1, -0.05) is 12.1 Å². The van der Waals surface area contributed by atoms with Crippen LogP contribution in [0.5, 0.6) is 0 Å². The summed E-state index contributed by atoms with van der Waals surface area (Å²) in [6.07, 6.45) is 1.15. The summed E-state index contributed by atoms with van der Waals surface area (Å²) in [5, 5.41) is 11.9. The van der Waals surface area contributed by atoms with Crippen LogP contribution in [0.25, 0.3) is 0 Å². The van der Waals surface area contributed by atoms with Crippen LogP contribution in [-0.4, -0.2) is 32.1 Å². The Bertz CT molecular complexity index is 364. The molecule has 0 aliphatic heterocycles. The molecular formula is C14H21N3. The molecule has 3 heteroatoms. The zero-order valence-corrected chi connectivity index (χ0v) is 10.9. The fraction of sp³-hybridized carbons (Fsp3) is 0.500. The summed E-state index contributed by atoms with van der Waals surface area (Å²) >= 11 is 0. The highest BCUT2D eigenvalue weighted by molar-refractivity contribution is 5.32. The minimum absolute atomic E-state index is 0.389. The SMILES string of the molecule is CNCCCN(C)C(C)c1ccc(C#N)cc1. The Kier molecular flexibility index (Phi) is 5.68. The maximum atomic E-state index is 8.75. The normalized spacial score (nSPS) is 12.4. The van der Waals surface area contributed by atoms with Crippen molar-refractivity contribution in [2.75, 3.05) is 27.2 Å². The zero-order valence-electron chi connectivity index (χ0n) is 10.9. The monoisotopic (exact) mass is 231 g/mol. The highest BCUT2D eigenvalue weighted by Gasteiger charge is 2.10. The van der Waals surface area contributed by atoms with Crippen LogP contribution in [0.3, 0.4) is 0 Å². The first-order valence-corrected chi connectivity index (χ1v) is 6.04. The maximum Gasteiger partial charge on any atom is 0.0991 e. The molecule has 0 saturated carbocycles. The summed E-state index contributed by atoms with van der Waals surface area (Å²) in [4.78, 5) is 2.33. The van der Waals surface area contributed by atoms with E-state index >= 15 is 0 Å². The second-order valence-corrected chi connectivity index (χ2v) is 4.35. The van der Waals surface area contributed by atoms with Crippen LogP contribution in [0.15, 0.2) is 24.3 Å². The average molecular weight is 231 g/mol. The predicted octanol–water partition coefficient (Wildman–Crippen LogP) is 2.16. The van der Waals surface area contributed by atoms with Crippen molar-refractivity contribution in [3.8, 4) is 6.07 Å². The Labute approximate surface area is 104 Å². The second kappa shape index (κ2) is 7.05. The third-order valence-electron chi connectivity index (χ3n) is 3.12. The van der Waals surface area contributed by atoms with Crippen LogP contribution in [-0.2, 0) is 0 Å². The molecule has 0 bridgehead atoms. The Morgan fingerprint density at radius 3 is 2.53 bits per heavy atom. The number of hydrogen-bond donors (Lipinski definition) is 1. The maximum absolute atomic E-state index is 8.75. The molecule has 1 N–H and O–H groups in total. The molecule has 0 aromatic heterocycles. The summed E-state index contributed by atoms with van der Waals surface area (Å²) in [6.45, 7) is 4.31. The van der Waals surface area contributed by atoms with E-state index in [9.17, 15) is 0 Å². The van der Waals surface area contributed by atoms with Gasteiger partial charge in [-0.15, -0.1) is 0 Å². The molecular weight excluding hydrogens is 210 g/mol. The Hall–Kier alpha value is -1.37. The van der Waals surface area contributed by atoms with Crippen LogP contribution in [0.2, 0.25) is 0 Å². The van der Waals surface area contributed by atoms with Gasteiger partial charge < -0.3 is 5.32 Å². The van der Waals surface area contributed by atoms with Crippen molar-refractivity contribution in [1.29, 1.82) is 5.26 Å². The number of hydrogen-bond acceptors (Lipinski definition) is 3. The van der Waals surface area contributed by atoms with Crippen LogP contribution >= 0.6 is 0 Å². The summed E-state index contributed by atoms with van der Waals surface area (Å²) in [5.74, 6) is 0. The second-order valence-electron chi connectivity index (χ2n) is 4.35. The molecule has 0 amide bonds. The highest BCUT2D eigenvalue weighted by Crippen LogP contribution is 2.18. The first-order valence-electron chi connectivity index (χ1n) is 6.04. The number of nitriles is 1. The molecule has 1 rings (SSSR count). The van der Waals surface area contributed by atoms with Gasteiger partial charge >= 0.3 is 0 Å². The Morgan fingerprint density at radius 2 is 2.00 bits per heavy atom. The molecule has 1 atom stereocenters. The van der Waals surface area contributed by atoms with E-state index in [-0.39, 0.29) is 0 Å². The van der Waals surface area contributed by atoms with E-state index in [1.54, 1.807) is 0 Å². The lowest BCUT2D eigenvalue weighted by molar-refractivity contribution is 0.258. The summed E-state index contributed by atoms with van der Waals surface area (Å²) in [5.41, 5.74) is 1.98. The van der Waals surface area contributed by atoms with E-state index in [1.165, 1.54) is 5.56 Å². The third-order valence-corrected chi connectivity index (χ3v) is 3.12. The molecule has 0 spiro atoms. The van der Waals surface area contributed by atoms with Gasteiger partial charge in [-0.3, -0.25) is 4.90 Å². The first-order chi connectivity index (χ1) is 8.19. The molecule has 1 unspecified atom stereocenters. The van der Waals surface area contributed by atoms with E-state index in [0.717, 1.165) is 25.1 Å². The Balaban J connectivity index is 2.55. The van der Waals surface area contributed by atoms with Crippen molar-refractivity contribution < 1.29 is 0 Å². The van der Waals surface area contributed by atoms with Crippen molar-refractivity contribution in [1.82, 2.24) is 10.2 Å². The van der Waals surface area contributed by atoms with Crippen LogP contribution < -0.4 is 5.32 Å². The standard InChI is InChI=1S/C14H21N3/c1-12(17(3)10-4-9-16-2)14-7-5-13(11-15)6-8-14/h5-8,12,16H,4,9-10H2,1-3H3. The van der Waals surface area contributed by atoms with E-state index in [1.807, 2.05) is 31.3 Å². The van der Waals surface area contributed by atoms with Crippen molar-refractivity contribution in [3.63, 3.8) is 0 Å². The van der Waals surface area contributed by atoms with E-state index < -0.39 is 0 Å². The summed E-state index contributed by atoms with van der Waals surface area (Å²) in [6, 6.07) is 10.4. The minimum atomic E-state index is 0.389. The van der Waals surface area contributed by atoms with Gasteiger partial charge in [0.25, 0.3) is 0 Å². The molecule has 0 fully saturated rings. The smallest absolute Gasteiger partial charge is 0.0991 e. The first kappa shape index (κ1) is 13.7. The van der Waals surface area contributed by atoms with E-state index in [4.69, 9.17) is 5.26 Å². The molecule has 0 heterocycles. The van der Waals surface area contributed by atoms with Crippen LogP contribution in [0.4, 0.5) is 0 Å². The van der Waals surface area contributed by atoms with Gasteiger partial charge in [0.2, 0.25) is 0 Å². The minimum Gasteiger partial charge on any atom is -0.320 e. The molecule has 0 saturated heterocycles. The van der Waals surface area contributed by atoms with Gasteiger partial charge in [0.05, 0.1) is 11.6 Å². The summed E-state index contributed by atoms with van der Waals surface area (Å²) < 4.78 is 0. The van der Waals surface area contributed by atoms with Crippen LogP contribution in [0, 0.1) is 11.3 Å². The zero-order chi connectivity index (χ0) is 12.7. The number of benzene rings is 1. The Morgan fingerprint density at radius 1 is 1.35 bits per heavy atom. The van der Waals surface area contributed by atoms with E-state index in [2.05, 4.69) is 30.3 Å². The third kappa shape index (κ3) is 4.18.